The monoisotopic (exact) mass is 255 g/mol. The van der Waals surface area contributed by atoms with Gasteiger partial charge in [0.15, 0.2) is 0 Å². The maximum atomic E-state index is 6.11. The van der Waals surface area contributed by atoms with Gasteiger partial charge in [-0.1, -0.05) is 29.3 Å². The maximum absolute atomic E-state index is 6.11. The first-order valence-electron chi connectivity index (χ1n) is 5.22. The van der Waals surface area contributed by atoms with Gasteiger partial charge in [-0.15, -0.1) is 12.3 Å². The molecule has 1 N–H and O–H groups in total. The minimum atomic E-state index is 0.313. The average molecular weight is 256 g/mol. The second-order valence-electron chi connectivity index (χ2n) is 3.63. The van der Waals surface area contributed by atoms with Crippen LogP contribution in [0.1, 0.15) is 18.4 Å². The topological polar surface area (TPSA) is 12.0 Å². The van der Waals surface area contributed by atoms with Gasteiger partial charge < -0.3 is 5.32 Å². The number of halogens is 2. The van der Waals surface area contributed by atoms with Gasteiger partial charge in [-0.2, -0.15) is 0 Å². The molecule has 0 radical (unpaired) electrons. The SMILES string of the molecule is C#CCCC(Cc1c(Cl)cccc1Cl)NC. The third kappa shape index (κ3) is 3.72. The van der Waals surface area contributed by atoms with Gasteiger partial charge >= 0.3 is 0 Å². The summed E-state index contributed by atoms with van der Waals surface area (Å²) in [5.41, 5.74) is 0.988. The van der Waals surface area contributed by atoms with Crippen molar-refractivity contribution in [1.29, 1.82) is 0 Å². The third-order valence-corrected chi connectivity index (χ3v) is 3.27. The quantitative estimate of drug-likeness (QED) is 0.794. The lowest BCUT2D eigenvalue weighted by molar-refractivity contribution is 0.528. The van der Waals surface area contributed by atoms with Crippen molar-refractivity contribution in [3.8, 4) is 12.3 Å². The fraction of sp³-hybridized carbons (Fsp3) is 0.385. The molecule has 1 nitrogen and oxygen atoms in total. The summed E-state index contributed by atoms with van der Waals surface area (Å²) in [5, 5.41) is 4.66. The smallest absolute Gasteiger partial charge is 0.0453 e. The molecule has 0 spiro atoms. The maximum Gasteiger partial charge on any atom is 0.0453 e. The van der Waals surface area contributed by atoms with Crippen molar-refractivity contribution >= 4 is 23.2 Å². The van der Waals surface area contributed by atoms with Gasteiger partial charge in [0.2, 0.25) is 0 Å². The molecule has 0 heterocycles. The molecule has 1 rings (SSSR count). The van der Waals surface area contributed by atoms with E-state index in [0.717, 1.165) is 24.8 Å². The van der Waals surface area contributed by atoms with E-state index in [9.17, 15) is 0 Å². The highest BCUT2D eigenvalue weighted by Gasteiger charge is 2.11. The van der Waals surface area contributed by atoms with Crippen LogP contribution >= 0.6 is 23.2 Å². The van der Waals surface area contributed by atoms with Crippen molar-refractivity contribution in [3.05, 3.63) is 33.8 Å². The van der Waals surface area contributed by atoms with Gasteiger partial charge in [-0.05, 0) is 37.6 Å². The lowest BCUT2D eigenvalue weighted by Gasteiger charge is -2.16. The number of nitrogens with one attached hydrogen (secondary N) is 1. The molecule has 16 heavy (non-hydrogen) atoms. The Morgan fingerprint density at radius 3 is 2.50 bits per heavy atom. The van der Waals surface area contributed by atoms with E-state index in [1.807, 2.05) is 25.2 Å². The number of hydrogen-bond donors (Lipinski definition) is 1. The molecule has 0 bridgehead atoms. The van der Waals surface area contributed by atoms with Crippen molar-refractivity contribution in [2.75, 3.05) is 7.05 Å². The first kappa shape index (κ1) is 13.4. The summed E-state index contributed by atoms with van der Waals surface area (Å²) in [4.78, 5) is 0. The van der Waals surface area contributed by atoms with Gasteiger partial charge in [0.25, 0.3) is 0 Å². The Bertz CT molecular complexity index is 362. The zero-order valence-corrected chi connectivity index (χ0v) is 10.8. The second kappa shape index (κ2) is 6.81. The van der Waals surface area contributed by atoms with E-state index < -0.39 is 0 Å². The van der Waals surface area contributed by atoms with E-state index >= 15 is 0 Å². The highest BCUT2D eigenvalue weighted by Crippen LogP contribution is 2.26. The normalized spacial score (nSPS) is 12.1. The van der Waals surface area contributed by atoms with E-state index in [-0.39, 0.29) is 0 Å². The fourth-order valence-corrected chi connectivity index (χ4v) is 2.13. The predicted octanol–water partition coefficient (Wildman–Crippen LogP) is 3.54. The Hall–Kier alpha value is -0.680. The van der Waals surface area contributed by atoms with Crippen LogP contribution in [0.2, 0.25) is 10.0 Å². The highest BCUT2D eigenvalue weighted by molar-refractivity contribution is 6.35. The van der Waals surface area contributed by atoms with Crippen LogP contribution in [0.3, 0.4) is 0 Å². The zero-order valence-electron chi connectivity index (χ0n) is 9.26. The Labute approximate surface area is 107 Å². The van der Waals surface area contributed by atoms with Crippen molar-refractivity contribution in [1.82, 2.24) is 5.32 Å². The van der Waals surface area contributed by atoms with Crippen molar-refractivity contribution in [2.24, 2.45) is 0 Å². The molecule has 0 aromatic heterocycles. The van der Waals surface area contributed by atoms with Gasteiger partial charge in [0.1, 0.15) is 0 Å². The minimum Gasteiger partial charge on any atom is -0.317 e. The number of rotatable bonds is 5. The molecule has 0 amide bonds. The summed E-state index contributed by atoms with van der Waals surface area (Å²) >= 11 is 12.2. The molecule has 0 fully saturated rings. The van der Waals surface area contributed by atoms with Gasteiger partial charge in [0, 0.05) is 22.5 Å². The Kier molecular flexibility index (Phi) is 5.69. The van der Waals surface area contributed by atoms with E-state index in [0.29, 0.717) is 16.1 Å². The Balaban J connectivity index is 2.74. The molecule has 0 aliphatic rings. The summed E-state index contributed by atoms with van der Waals surface area (Å²) in [5.74, 6) is 2.64. The number of benzene rings is 1. The van der Waals surface area contributed by atoms with E-state index in [1.165, 1.54) is 0 Å². The Morgan fingerprint density at radius 2 is 2.00 bits per heavy atom. The van der Waals surface area contributed by atoms with Crippen LogP contribution < -0.4 is 5.32 Å². The first-order valence-corrected chi connectivity index (χ1v) is 5.98. The van der Waals surface area contributed by atoms with Gasteiger partial charge in [0.05, 0.1) is 0 Å². The molecule has 1 unspecified atom stereocenters. The summed E-state index contributed by atoms with van der Waals surface area (Å²) in [6, 6.07) is 5.88. The number of likely N-dealkylation sites (N-methyl/N-ethyl adjacent to an activating group) is 1. The zero-order chi connectivity index (χ0) is 12.0. The molecule has 0 saturated carbocycles. The van der Waals surface area contributed by atoms with Crippen LogP contribution in [0, 0.1) is 12.3 Å². The fourth-order valence-electron chi connectivity index (χ4n) is 1.58. The van der Waals surface area contributed by atoms with Crippen LogP contribution in [0.25, 0.3) is 0 Å². The molecule has 0 aliphatic carbocycles. The molecule has 0 aliphatic heterocycles. The molecule has 1 aromatic carbocycles. The van der Waals surface area contributed by atoms with Gasteiger partial charge in [-0.3, -0.25) is 0 Å². The summed E-state index contributed by atoms with van der Waals surface area (Å²) < 4.78 is 0. The molecule has 1 aromatic rings. The Morgan fingerprint density at radius 1 is 1.38 bits per heavy atom. The van der Waals surface area contributed by atoms with Crippen LogP contribution in [0.15, 0.2) is 18.2 Å². The molecule has 0 saturated heterocycles. The standard InChI is InChI=1S/C13H15Cl2N/c1-3-4-6-10(16-2)9-11-12(14)7-5-8-13(11)15/h1,5,7-8,10,16H,4,6,9H2,2H3. The highest BCUT2D eigenvalue weighted by atomic mass is 35.5. The van der Waals surface area contributed by atoms with Crippen LogP contribution in [-0.2, 0) is 6.42 Å². The number of terminal acetylenes is 1. The third-order valence-electron chi connectivity index (χ3n) is 2.56. The lowest BCUT2D eigenvalue weighted by Crippen LogP contribution is -2.27. The summed E-state index contributed by atoms with van der Waals surface area (Å²) in [6.07, 6.45) is 7.74. The molecular weight excluding hydrogens is 241 g/mol. The summed E-state index contributed by atoms with van der Waals surface area (Å²) in [6.45, 7) is 0. The van der Waals surface area contributed by atoms with Crippen molar-refractivity contribution in [2.45, 2.75) is 25.3 Å². The molecule has 1 atom stereocenters. The molecular formula is C13H15Cl2N. The van der Waals surface area contributed by atoms with Crippen molar-refractivity contribution in [3.63, 3.8) is 0 Å². The van der Waals surface area contributed by atoms with Crippen molar-refractivity contribution < 1.29 is 0 Å². The average Bonchev–Trinajstić information content (AvgIpc) is 2.28. The van der Waals surface area contributed by atoms with E-state index in [1.54, 1.807) is 0 Å². The minimum absolute atomic E-state index is 0.313. The molecule has 86 valence electrons. The second-order valence-corrected chi connectivity index (χ2v) is 4.45. The van der Waals surface area contributed by atoms with Gasteiger partial charge in [-0.25, -0.2) is 0 Å². The van der Waals surface area contributed by atoms with Crippen LogP contribution in [0.4, 0.5) is 0 Å². The van der Waals surface area contributed by atoms with Crippen LogP contribution in [0.5, 0.6) is 0 Å². The largest absolute Gasteiger partial charge is 0.317 e. The lowest BCUT2D eigenvalue weighted by atomic mass is 10.0. The summed E-state index contributed by atoms with van der Waals surface area (Å²) in [7, 11) is 1.92. The first-order chi connectivity index (χ1) is 7.69. The number of hydrogen-bond acceptors (Lipinski definition) is 1. The predicted molar refractivity (Wildman–Crippen MR) is 71.1 cm³/mol. The van der Waals surface area contributed by atoms with E-state index in [4.69, 9.17) is 29.6 Å². The van der Waals surface area contributed by atoms with Crippen LogP contribution in [-0.4, -0.2) is 13.1 Å². The van der Waals surface area contributed by atoms with E-state index in [2.05, 4.69) is 11.2 Å². The molecule has 3 heteroatoms.